The third-order valence-corrected chi connectivity index (χ3v) is 10.7. The van der Waals surface area contributed by atoms with Gasteiger partial charge < -0.3 is 15.1 Å². The Hall–Kier alpha value is -2.80. The molecule has 45 heavy (non-hydrogen) atoms. The molecule has 2 aliphatic heterocycles. The number of carbonyl (C=O) groups excluding carboxylic acids is 2. The lowest BCUT2D eigenvalue weighted by atomic mass is 9.80. The van der Waals surface area contributed by atoms with Crippen molar-refractivity contribution in [2.24, 2.45) is 5.92 Å². The van der Waals surface area contributed by atoms with Crippen LogP contribution in [0.2, 0.25) is 0 Å². The van der Waals surface area contributed by atoms with Crippen LogP contribution in [-0.4, -0.2) is 103 Å². The average molecular weight is 644 g/mol. The van der Waals surface area contributed by atoms with Crippen LogP contribution in [0, 0.1) is 19.8 Å². The molecule has 0 bridgehead atoms. The predicted molar refractivity (Wildman–Crippen MR) is 177 cm³/mol. The summed E-state index contributed by atoms with van der Waals surface area (Å²) < 4.78 is 30.1. The molecule has 2 aliphatic rings. The summed E-state index contributed by atoms with van der Waals surface area (Å²) in [7, 11) is 0.340. The number of hydrogen-bond donors (Lipinski definition) is 2. The Morgan fingerprint density at radius 2 is 1.76 bits per heavy atom. The predicted octanol–water partition coefficient (Wildman–Crippen LogP) is 3.23. The van der Waals surface area contributed by atoms with Gasteiger partial charge in [0, 0.05) is 44.0 Å². The minimum Gasteiger partial charge on any atom is -0.342 e. The highest BCUT2D eigenvalue weighted by atomic mass is 32.2. The van der Waals surface area contributed by atoms with Crippen LogP contribution in [0.5, 0.6) is 0 Å². The molecule has 11 nitrogen and oxygen atoms in total. The third kappa shape index (κ3) is 7.96. The lowest BCUT2D eigenvalue weighted by Gasteiger charge is -2.52. The van der Waals surface area contributed by atoms with Gasteiger partial charge in [0.15, 0.2) is 0 Å². The molecule has 3 heterocycles. The van der Waals surface area contributed by atoms with E-state index in [1.807, 2.05) is 42.4 Å². The third-order valence-electron chi connectivity index (χ3n) is 9.22. The minimum absolute atomic E-state index is 0.00194. The SMILES string of the molecule is CCCCN1C(=O)C(CC(C)C)NC(=O)C12CCN(Cc1c(C)nn(-c3ccc(S(=O)(=O)NCCCN(C)C)cc3)c1C)CC2. The number of nitrogens with one attached hydrogen (secondary N) is 2. The van der Waals surface area contributed by atoms with Crippen molar-refractivity contribution in [3.05, 3.63) is 41.2 Å². The van der Waals surface area contributed by atoms with E-state index in [0.717, 1.165) is 48.4 Å². The number of piperidine rings is 1. The summed E-state index contributed by atoms with van der Waals surface area (Å²) in [6, 6.07) is 6.39. The van der Waals surface area contributed by atoms with Crippen LogP contribution in [0.25, 0.3) is 5.69 Å². The Kier molecular flexibility index (Phi) is 11.5. The van der Waals surface area contributed by atoms with Crippen LogP contribution >= 0.6 is 0 Å². The zero-order chi connectivity index (χ0) is 32.9. The molecule has 1 atom stereocenters. The van der Waals surface area contributed by atoms with Gasteiger partial charge in [0.25, 0.3) is 0 Å². The van der Waals surface area contributed by atoms with E-state index >= 15 is 0 Å². The van der Waals surface area contributed by atoms with E-state index in [4.69, 9.17) is 5.10 Å². The van der Waals surface area contributed by atoms with Crippen molar-refractivity contribution in [2.75, 3.05) is 46.8 Å². The zero-order valence-corrected chi connectivity index (χ0v) is 29.0. The maximum atomic E-state index is 13.6. The highest BCUT2D eigenvalue weighted by Crippen LogP contribution is 2.35. The molecular weight excluding hydrogens is 590 g/mol. The van der Waals surface area contributed by atoms with Crippen molar-refractivity contribution in [2.45, 2.75) is 96.2 Å². The first-order valence-corrected chi connectivity index (χ1v) is 17.9. The van der Waals surface area contributed by atoms with E-state index in [1.165, 1.54) is 0 Å². The van der Waals surface area contributed by atoms with Crippen LogP contribution in [0.15, 0.2) is 29.2 Å². The number of nitrogens with zero attached hydrogens (tertiary/aromatic N) is 5. The van der Waals surface area contributed by atoms with E-state index in [1.54, 1.807) is 24.3 Å². The molecule has 0 saturated carbocycles. The molecule has 1 unspecified atom stereocenters. The van der Waals surface area contributed by atoms with Crippen molar-refractivity contribution < 1.29 is 18.0 Å². The lowest BCUT2D eigenvalue weighted by molar-refractivity contribution is -0.161. The fourth-order valence-corrected chi connectivity index (χ4v) is 7.63. The van der Waals surface area contributed by atoms with Gasteiger partial charge >= 0.3 is 0 Å². The molecule has 1 aromatic carbocycles. The number of aryl methyl sites for hydroxylation is 1. The lowest BCUT2D eigenvalue weighted by Crippen LogP contribution is -2.73. The molecule has 4 rings (SSSR count). The summed E-state index contributed by atoms with van der Waals surface area (Å²) in [6.45, 7) is 14.2. The molecule has 1 aromatic heterocycles. The normalized spacial score (nSPS) is 19.2. The molecule has 12 heteroatoms. The molecule has 2 aromatic rings. The first kappa shape index (κ1) is 35.1. The quantitative estimate of drug-likeness (QED) is 0.304. The number of hydrogen-bond acceptors (Lipinski definition) is 7. The topological polar surface area (TPSA) is 120 Å². The van der Waals surface area contributed by atoms with Gasteiger partial charge in [0.2, 0.25) is 21.8 Å². The van der Waals surface area contributed by atoms with Crippen molar-refractivity contribution in [1.29, 1.82) is 0 Å². The number of carbonyl (C=O) groups is 2. The second-order valence-corrected chi connectivity index (χ2v) is 15.2. The maximum absolute atomic E-state index is 13.6. The van der Waals surface area contributed by atoms with E-state index in [9.17, 15) is 18.0 Å². The Labute approximate surface area is 269 Å². The van der Waals surface area contributed by atoms with Crippen molar-refractivity contribution in [3.8, 4) is 5.69 Å². The minimum atomic E-state index is -3.58. The zero-order valence-electron chi connectivity index (χ0n) is 28.2. The van der Waals surface area contributed by atoms with Crippen LogP contribution in [0.1, 0.15) is 76.2 Å². The molecule has 250 valence electrons. The van der Waals surface area contributed by atoms with E-state index < -0.39 is 21.6 Å². The summed E-state index contributed by atoms with van der Waals surface area (Å²) in [5, 5.41) is 7.89. The molecule has 1 spiro atoms. The van der Waals surface area contributed by atoms with E-state index in [-0.39, 0.29) is 16.7 Å². The van der Waals surface area contributed by atoms with Gasteiger partial charge in [-0.2, -0.15) is 5.10 Å². The molecule has 2 saturated heterocycles. The van der Waals surface area contributed by atoms with Gasteiger partial charge in [0.05, 0.1) is 16.3 Å². The van der Waals surface area contributed by atoms with Crippen LogP contribution < -0.4 is 10.0 Å². The molecule has 2 amide bonds. The van der Waals surface area contributed by atoms with Crippen LogP contribution in [0.4, 0.5) is 0 Å². The molecular formula is C33H53N7O4S. The van der Waals surface area contributed by atoms with Gasteiger partial charge in [0.1, 0.15) is 11.6 Å². The van der Waals surface area contributed by atoms with Gasteiger partial charge in [-0.25, -0.2) is 17.8 Å². The standard InChI is InChI=1S/C33H53N7O4S/c1-8-9-19-39-31(41)30(22-24(2)3)35-32(42)33(39)15-20-38(21-16-33)23-29-25(4)36-40(26(29)5)27-11-13-28(14-12-27)45(43,44)34-17-10-18-37(6)7/h11-14,24,30,34H,8-10,15-23H2,1-7H3,(H,35,42). The van der Waals surface area contributed by atoms with Crippen LogP contribution in [-0.2, 0) is 26.2 Å². The maximum Gasteiger partial charge on any atom is 0.246 e. The van der Waals surface area contributed by atoms with Gasteiger partial charge in [-0.3, -0.25) is 14.5 Å². The molecule has 2 N–H and O–H groups in total. The van der Waals surface area contributed by atoms with Crippen molar-refractivity contribution >= 4 is 21.8 Å². The fraction of sp³-hybridized carbons (Fsp3) is 0.667. The highest BCUT2D eigenvalue weighted by Gasteiger charge is 2.53. The molecule has 2 fully saturated rings. The van der Waals surface area contributed by atoms with E-state index in [0.29, 0.717) is 57.9 Å². The second kappa shape index (κ2) is 14.7. The summed E-state index contributed by atoms with van der Waals surface area (Å²) in [6.07, 6.45) is 4.46. The number of rotatable bonds is 14. The number of aromatic nitrogens is 2. The van der Waals surface area contributed by atoms with Gasteiger partial charge in [-0.15, -0.1) is 0 Å². The smallest absolute Gasteiger partial charge is 0.246 e. The number of likely N-dealkylation sites (tertiary alicyclic amines) is 1. The van der Waals surface area contributed by atoms with Crippen molar-refractivity contribution in [1.82, 2.24) is 34.5 Å². The number of benzene rings is 1. The number of sulfonamides is 1. The molecule has 0 radical (unpaired) electrons. The summed E-state index contributed by atoms with van der Waals surface area (Å²) in [5.74, 6) is 0.386. The van der Waals surface area contributed by atoms with E-state index in [2.05, 4.69) is 35.7 Å². The fourth-order valence-electron chi connectivity index (χ4n) is 6.56. The molecule has 0 aliphatic carbocycles. The van der Waals surface area contributed by atoms with Crippen molar-refractivity contribution in [3.63, 3.8) is 0 Å². The van der Waals surface area contributed by atoms with Crippen LogP contribution in [0.3, 0.4) is 0 Å². The summed E-state index contributed by atoms with van der Waals surface area (Å²) >= 11 is 0. The number of unbranched alkanes of at least 4 members (excludes halogenated alkanes) is 1. The Bertz CT molecular complexity index is 1430. The first-order chi connectivity index (χ1) is 21.3. The number of piperazine rings is 1. The highest BCUT2D eigenvalue weighted by molar-refractivity contribution is 7.89. The first-order valence-electron chi connectivity index (χ1n) is 16.4. The van der Waals surface area contributed by atoms with Gasteiger partial charge in [-0.1, -0.05) is 27.2 Å². The largest absolute Gasteiger partial charge is 0.342 e. The Balaban J connectivity index is 1.43. The Morgan fingerprint density at radius 1 is 1.09 bits per heavy atom. The summed E-state index contributed by atoms with van der Waals surface area (Å²) in [4.78, 5) is 33.7. The summed E-state index contributed by atoms with van der Waals surface area (Å²) in [5.41, 5.74) is 3.05. The monoisotopic (exact) mass is 643 g/mol. The second-order valence-electron chi connectivity index (χ2n) is 13.4. The average Bonchev–Trinajstić information content (AvgIpc) is 3.27. The van der Waals surface area contributed by atoms with Gasteiger partial charge in [-0.05, 0) is 96.8 Å². The number of amides is 2. The Morgan fingerprint density at radius 3 is 2.36 bits per heavy atom.